The zero-order valence-corrected chi connectivity index (χ0v) is 63.0. The average Bonchev–Trinajstić information content (AvgIpc) is 1.31. The van der Waals surface area contributed by atoms with E-state index >= 15 is 0 Å². The molecule has 10 N–H and O–H groups in total. The summed E-state index contributed by atoms with van der Waals surface area (Å²) in [5.41, 5.74) is -4.68. The molecule has 0 bridgehead atoms. The number of phenols is 4. The molecule has 437 valence electrons. The molecule has 0 aliphatic heterocycles. The SMILES string of the molecule is O=[N+]([O-])c1ccc(O)c(N=Nc2c(S(=O)(=O)O)cc3cc(S(=O)(=O)O)cc(Nc4nc(Cl)nc(Cl)c4Cl)c3c2O)c1.O=[N+]([O-])c1ccc(O)c(N=Nc2c(S(=O)(=O)O)cc3cc(S(=O)(=O)O)cc(Nc4nc(Cl)nc(Cl)c4Cl)c3c2O)c1.[Co].[Na+].[Na+].[Na+].[Na+].[Na+]. The molecule has 2 heterocycles. The number of phenolic OH excluding ortho intramolecular Hbond substituents is 4. The standard InChI is InChI=1S/2C20H11Cl3N6O10S2.Co.5Na/c2*21-15-18(22)25-20(23)26-19(15)24-11-6-9(40(34,35)36)3-7-4-13(41(37,38)39)16(17(31)14(7)11)28-27-10-5-8(29(32)33)1-2-12(10)30;;;;;;/h2*1-6,30-31H,(H,24,25,26)(H,34,35,36)(H,37,38,39);;;;;;/q;;;5*+1. The molecule has 1 radical (unpaired) electrons. The number of nitrogens with zero attached hydrogens (tertiary/aromatic N) is 10. The van der Waals surface area contributed by atoms with Gasteiger partial charge in [-0.25, -0.2) is 9.97 Å². The first-order valence-electron chi connectivity index (χ1n) is 20.6. The van der Waals surface area contributed by atoms with Crippen LogP contribution in [0.2, 0.25) is 30.9 Å². The van der Waals surface area contributed by atoms with Gasteiger partial charge in [-0.05, 0) is 82.5 Å². The van der Waals surface area contributed by atoms with E-state index in [1.54, 1.807) is 0 Å². The number of aromatic nitrogens is 4. The molecular weight excluding hydrogens is 1480 g/mol. The number of anilines is 4. The third-order valence-corrected chi connectivity index (χ3v) is 15.5. The van der Waals surface area contributed by atoms with Gasteiger partial charge in [-0.3, -0.25) is 38.4 Å². The van der Waals surface area contributed by atoms with Crippen molar-refractivity contribution in [2.45, 2.75) is 19.6 Å². The van der Waals surface area contributed by atoms with Gasteiger partial charge in [0.25, 0.3) is 51.8 Å². The topological polar surface area (TPSA) is 510 Å². The van der Waals surface area contributed by atoms with E-state index in [1.165, 1.54) is 0 Å². The summed E-state index contributed by atoms with van der Waals surface area (Å²) < 4.78 is 136. The Hall–Kier alpha value is -2.31. The second kappa shape index (κ2) is 33.2. The molecule has 0 amide bonds. The van der Waals surface area contributed by atoms with E-state index < -0.39 is 138 Å². The van der Waals surface area contributed by atoms with E-state index in [9.17, 15) is 92.5 Å². The van der Waals surface area contributed by atoms with Gasteiger partial charge in [0, 0.05) is 51.8 Å². The Morgan fingerprint density at radius 3 is 1.06 bits per heavy atom. The summed E-state index contributed by atoms with van der Waals surface area (Å²) in [6, 6.07) is 9.82. The fraction of sp³-hybridized carbons (Fsp3) is 0. The van der Waals surface area contributed by atoms with E-state index in [0.717, 1.165) is 60.7 Å². The molecule has 6 aromatic carbocycles. The molecule has 48 heteroatoms. The van der Waals surface area contributed by atoms with Crippen LogP contribution in [-0.4, -0.2) is 102 Å². The minimum absolute atomic E-state index is 0. The molecule has 8 aromatic rings. The van der Waals surface area contributed by atoms with Crippen LogP contribution in [0.25, 0.3) is 21.5 Å². The maximum absolute atomic E-state index is 12.2. The molecule has 88 heavy (non-hydrogen) atoms. The summed E-state index contributed by atoms with van der Waals surface area (Å²) in [5.74, 6) is -3.91. The molecule has 32 nitrogen and oxygen atoms in total. The van der Waals surface area contributed by atoms with Crippen molar-refractivity contribution in [2.75, 3.05) is 10.6 Å². The third kappa shape index (κ3) is 19.9. The first-order chi connectivity index (χ1) is 37.9. The number of azo groups is 2. The molecule has 0 aliphatic rings. The first kappa shape index (κ1) is 83.7. The van der Waals surface area contributed by atoms with Crippen LogP contribution < -0.4 is 158 Å². The Balaban J connectivity index is 0.000000824. The first-order valence-corrected chi connectivity index (χ1v) is 28.6. The van der Waals surface area contributed by atoms with E-state index in [2.05, 4.69) is 51.0 Å². The van der Waals surface area contributed by atoms with E-state index in [1.807, 2.05) is 0 Å². The molecule has 0 spiro atoms. The Morgan fingerprint density at radius 2 is 0.773 bits per heavy atom. The third-order valence-electron chi connectivity index (χ3n) is 10.3. The monoisotopic (exact) mass is 1500 g/mol. The zero-order valence-electron chi connectivity index (χ0n) is 44.1. The Bertz CT molecular complexity index is 4380. The zero-order chi connectivity index (χ0) is 60.9. The van der Waals surface area contributed by atoms with Crippen molar-refractivity contribution in [1.82, 2.24) is 19.9 Å². The summed E-state index contributed by atoms with van der Waals surface area (Å²) in [4.78, 5) is 31.6. The van der Waals surface area contributed by atoms with Crippen molar-refractivity contribution in [2.24, 2.45) is 20.5 Å². The summed E-state index contributed by atoms with van der Waals surface area (Å²) in [7, 11) is -20.3. The minimum Gasteiger partial charge on any atom is -0.506 e. The number of aromatic hydroxyl groups is 4. The van der Waals surface area contributed by atoms with Gasteiger partial charge in [-0.2, -0.15) is 43.6 Å². The van der Waals surface area contributed by atoms with Crippen molar-refractivity contribution in [1.29, 1.82) is 0 Å². The van der Waals surface area contributed by atoms with Crippen LogP contribution in [0.15, 0.2) is 113 Å². The molecule has 0 atom stereocenters. The van der Waals surface area contributed by atoms with Crippen LogP contribution in [0.4, 0.5) is 57.1 Å². The van der Waals surface area contributed by atoms with Gasteiger partial charge in [-0.15, -0.1) is 20.5 Å². The van der Waals surface area contributed by atoms with Crippen LogP contribution in [0.5, 0.6) is 23.0 Å². The minimum atomic E-state index is -5.22. The van der Waals surface area contributed by atoms with E-state index in [0.29, 0.717) is 12.1 Å². The number of hydrogen-bond acceptors (Lipinski definition) is 26. The maximum Gasteiger partial charge on any atom is 1.00 e. The molecule has 8 rings (SSSR count). The second-order valence-corrected chi connectivity index (χ2v) is 23.4. The Morgan fingerprint density at radius 1 is 0.455 bits per heavy atom. The number of halogens is 6. The predicted molar refractivity (Wildman–Crippen MR) is 289 cm³/mol. The number of rotatable bonds is 14. The van der Waals surface area contributed by atoms with Crippen molar-refractivity contribution >= 4 is 189 Å². The van der Waals surface area contributed by atoms with Gasteiger partial charge in [0.1, 0.15) is 54.1 Å². The number of non-ortho nitro benzene ring substituents is 2. The average molecular weight is 1510 g/mol. The summed E-state index contributed by atoms with van der Waals surface area (Å²) in [6.45, 7) is 0. The summed E-state index contributed by atoms with van der Waals surface area (Å²) in [6.07, 6.45) is 0. The quantitative estimate of drug-likeness (QED) is 0.00947. The van der Waals surface area contributed by atoms with Crippen LogP contribution in [0, 0.1) is 20.2 Å². The molecule has 0 aliphatic carbocycles. The second-order valence-electron chi connectivity index (χ2n) is 15.6. The number of nitro groups is 2. The number of hydrogen-bond donors (Lipinski definition) is 10. The van der Waals surface area contributed by atoms with Gasteiger partial charge < -0.3 is 31.1 Å². The van der Waals surface area contributed by atoms with Gasteiger partial charge >= 0.3 is 148 Å². The molecular formula is C40H22Cl6CoN12Na5O20S4+5. The number of nitrogens with one attached hydrogen (secondary N) is 2. The van der Waals surface area contributed by atoms with Gasteiger partial charge in [-0.1, -0.05) is 46.4 Å². The number of fused-ring (bicyclic) bond motifs is 2. The van der Waals surface area contributed by atoms with Crippen molar-refractivity contribution in [3.63, 3.8) is 0 Å². The largest absolute Gasteiger partial charge is 1.00 e. The van der Waals surface area contributed by atoms with Crippen molar-refractivity contribution in [3.8, 4) is 23.0 Å². The molecule has 0 saturated carbocycles. The molecule has 0 saturated heterocycles. The summed E-state index contributed by atoms with van der Waals surface area (Å²) >= 11 is 35.6. The number of benzene rings is 6. The number of nitro benzene ring substituents is 2. The smallest absolute Gasteiger partial charge is 0.506 e. The molecule has 0 unspecified atom stereocenters. The van der Waals surface area contributed by atoms with Crippen LogP contribution in [-0.2, 0) is 57.3 Å². The van der Waals surface area contributed by atoms with Crippen LogP contribution >= 0.6 is 69.6 Å². The fourth-order valence-corrected chi connectivity index (χ4v) is 10.3. The Labute approximate surface area is 643 Å². The van der Waals surface area contributed by atoms with E-state index in [4.69, 9.17) is 69.6 Å². The predicted octanol–water partition coefficient (Wildman–Crippen LogP) is -3.86. The van der Waals surface area contributed by atoms with Crippen LogP contribution in [0.1, 0.15) is 0 Å². The van der Waals surface area contributed by atoms with Gasteiger partial charge in [0.2, 0.25) is 10.6 Å². The van der Waals surface area contributed by atoms with Crippen molar-refractivity contribution in [3.05, 3.63) is 124 Å². The maximum atomic E-state index is 12.2. The van der Waals surface area contributed by atoms with E-state index in [-0.39, 0.29) is 229 Å². The van der Waals surface area contributed by atoms with Gasteiger partial charge in [0.05, 0.1) is 31.0 Å². The van der Waals surface area contributed by atoms with Gasteiger partial charge in [0.15, 0.2) is 33.4 Å². The molecule has 2 aromatic heterocycles. The normalized spacial score (nSPS) is 11.4. The fourth-order valence-electron chi connectivity index (χ4n) is 6.83. The summed E-state index contributed by atoms with van der Waals surface area (Å²) in [5, 5.41) is 80.3. The van der Waals surface area contributed by atoms with Crippen LogP contribution in [0.3, 0.4) is 0 Å². The van der Waals surface area contributed by atoms with Crippen molar-refractivity contribution < 1.29 is 247 Å². The molecule has 0 fully saturated rings. The Kier molecular flexibility index (Phi) is 31.6.